The lowest BCUT2D eigenvalue weighted by Crippen LogP contribution is -2.34. The third kappa shape index (κ3) is 4.85. The second kappa shape index (κ2) is 4.57. The zero-order valence-corrected chi connectivity index (χ0v) is 5.51. The minimum Gasteiger partial charge on any atom is -0.349 e. The van der Waals surface area contributed by atoms with E-state index in [1.165, 1.54) is 0 Å². The number of rotatable bonds is 2. The van der Waals surface area contributed by atoms with Gasteiger partial charge in [0.1, 0.15) is 0 Å². The number of hydrogen-bond acceptors (Lipinski definition) is 4. The number of primary amides is 1. The van der Waals surface area contributed by atoms with Gasteiger partial charge in [-0.1, -0.05) is 0 Å². The molecule has 0 atom stereocenters. The fourth-order valence-electron chi connectivity index (χ4n) is 0.288. The van der Waals surface area contributed by atoms with E-state index in [0.717, 1.165) is 0 Å². The van der Waals surface area contributed by atoms with Crippen molar-refractivity contribution in [3.8, 4) is 0 Å². The summed E-state index contributed by atoms with van der Waals surface area (Å²) in [6.07, 6.45) is 0. The summed E-state index contributed by atoms with van der Waals surface area (Å²) < 4.78 is 0. The smallest absolute Gasteiger partial charge is 0.345 e. The van der Waals surface area contributed by atoms with E-state index in [9.17, 15) is 9.59 Å². The fraction of sp³-hybridized carbons (Fsp3) is 0.500. The van der Waals surface area contributed by atoms with E-state index in [4.69, 9.17) is 0 Å². The van der Waals surface area contributed by atoms with Gasteiger partial charge in [-0.25, -0.2) is 9.59 Å². The van der Waals surface area contributed by atoms with Crippen molar-refractivity contribution in [2.45, 2.75) is 0 Å². The molecule has 2 amide bonds. The molecule has 0 aromatic heterocycles. The van der Waals surface area contributed by atoms with Gasteiger partial charge >= 0.3 is 12.0 Å². The Hall–Kier alpha value is -1.30. The predicted molar refractivity (Wildman–Crippen MR) is 32.7 cm³/mol. The van der Waals surface area contributed by atoms with Gasteiger partial charge in [-0.15, -0.1) is 0 Å². The molecule has 0 aliphatic rings. The average Bonchev–Trinajstić information content (AvgIpc) is 1.85. The lowest BCUT2D eigenvalue weighted by Gasteiger charge is -2.00. The van der Waals surface area contributed by atoms with E-state index in [-0.39, 0.29) is 6.54 Å². The number of hydrogen-bond donors (Lipinski definition) is 3. The predicted octanol–water partition coefficient (Wildman–Crippen LogP) is -1.67. The van der Waals surface area contributed by atoms with Crippen LogP contribution in [0.15, 0.2) is 0 Å². The van der Waals surface area contributed by atoms with Crippen LogP contribution in [-0.4, -0.2) is 25.6 Å². The normalized spacial score (nSPS) is 8.50. The zero-order chi connectivity index (χ0) is 7.98. The molecule has 0 radical (unpaired) electrons. The van der Waals surface area contributed by atoms with E-state index in [0.29, 0.717) is 0 Å². The van der Waals surface area contributed by atoms with Crippen LogP contribution in [0.5, 0.6) is 0 Å². The Morgan fingerprint density at radius 3 is 2.60 bits per heavy atom. The van der Waals surface area contributed by atoms with Crippen LogP contribution < -0.4 is 16.5 Å². The van der Waals surface area contributed by atoms with Gasteiger partial charge in [0.15, 0.2) is 0 Å². The number of amides is 2. The van der Waals surface area contributed by atoms with Crippen molar-refractivity contribution < 1.29 is 14.4 Å². The summed E-state index contributed by atoms with van der Waals surface area (Å²) in [5.74, 6) is -0.596. The van der Waals surface area contributed by atoms with Crippen molar-refractivity contribution in [1.82, 2.24) is 10.8 Å². The molecule has 0 saturated carbocycles. The quantitative estimate of drug-likeness (QED) is 0.407. The van der Waals surface area contributed by atoms with Crippen LogP contribution in [0.4, 0.5) is 4.79 Å². The molecule has 0 aromatic rings. The summed E-state index contributed by atoms with van der Waals surface area (Å²) in [5, 5.41) is 2.52. The molecule has 58 valence electrons. The summed E-state index contributed by atoms with van der Waals surface area (Å²) in [7, 11) is 1.57. The van der Waals surface area contributed by atoms with Crippen LogP contribution in [0.1, 0.15) is 0 Å². The maximum absolute atomic E-state index is 10.4. The van der Waals surface area contributed by atoms with Gasteiger partial charge in [-0.05, 0) is 7.05 Å². The van der Waals surface area contributed by atoms with Crippen molar-refractivity contribution in [1.29, 1.82) is 0 Å². The molecule has 0 aliphatic heterocycles. The number of nitrogens with two attached hydrogens (primary N) is 1. The van der Waals surface area contributed by atoms with Gasteiger partial charge in [-0.2, -0.15) is 5.48 Å². The van der Waals surface area contributed by atoms with E-state index in [1.54, 1.807) is 12.5 Å². The van der Waals surface area contributed by atoms with E-state index < -0.39 is 12.0 Å². The SMILES string of the molecule is CNCC(=O)ONC(N)=O. The molecule has 4 N–H and O–H groups in total. The Morgan fingerprint density at radius 1 is 1.60 bits per heavy atom. The maximum atomic E-state index is 10.4. The summed E-state index contributed by atoms with van der Waals surface area (Å²) in [6.45, 7) is 0.0281. The summed E-state index contributed by atoms with van der Waals surface area (Å²) in [6, 6.07) is -0.899. The molecule has 10 heavy (non-hydrogen) atoms. The van der Waals surface area contributed by atoms with Crippen molar-refractivity contribution in [2.24, 2.45) is 5.73 Å². The van der Waals surface area contributed by atoms with Crippen molar-refractivity contribution in [3.05, 3.63) is 0 Å². The minimum atomic E-state index is -0.899. The Kier molecular flexibility index (Phi) is 3.97. The largest absolute Gasteiger partial charge is 0.349 e. The average molecular weight is 147 g/mol. The number of carbonyl (C=O) groups is 2. The van der Waals surface area contributed by atoms with Crippen LogP contribution >= 0.6 is 0 Å². The molecular weight excluding hydrogens is 138 g/mol. The summed E-state index contributed by atoms with van der Waals surface area (Å²) in [5.41, 5.74) is 6.27. The molecule has 6 nitrogen and oxygen atoms in total. The van der Waals surface area contributed by atoms with Crippen molar-refractivity contribution in [3.63, 3.8) is 0 Å². The minimum absolute atomic E-state index is 0.0281. The highest BCUT2D eigenvalue weighted by Crippen LogP contribution is 1.68. The summed E-state index contributed by atoms with van der Waals surface area (Å²) in [4.78, 5) is 24.4. The standard InChI is InChI=1S/C4H9N3O3/c1-6-2-3(8)10-7-4(5)9/h6H,2H2,1H3,(H3,5,7,9). The lowest BCUT2D eigenvalue weighted by molar-refractivity contribution is -0.147. The van der Waals surface area contributed by atoms with Crippen LogP contribution in [-0.2, 0) is 9.63 Å². The highest BCUT2D eigenvalue weighted by Gasteiger charge is 2.00. The van der Waals surface area contributed by atoms with E-state index in [1.807, 2.05) is 0 Å². The van der Waals surface area contributed by atoms with Gasteiger partial charge in [-0.3, -0.25) is 0 Å². The molecule has 6 heteroatoms. The topological polar surface area (TPSA) is 93.4 Å². The zero-order valence-electron chi connectivity index (χ0n) is 5.51. The molecule has 0 aliphatic carbocycles. The second-order valence-corrected chi connectivity index (χ2v) is 1.47. The first kappa shape index (κ1) is 8.70. The maximum Gasteiger partial charge on any atom is 0.345 e. The van der Waals surface area contributed by atoms with Gasteiger partial charge in [0.05, 0.1) is 6.54 Å². The number of hydroxylamine groups is 1. The van der Waals surface area contributed by atoms with Gasteiger partial charge in [0, 0.05) is 0 Å². The molecule has 0 saturated heterocycles. The third-order valence-corrected chi connectivity index (χ3v) is 0.587. The Bertz CT molecular complexity index is 136. The number of urea groups is 1. The Balaban J connectivity index is 3.30. The lowest BCUT2D eigenvalue weighted by atomic mass is 10.7. The van der Waals surface area contributed by atoms with Gasteiger partial charge in [0.25, 0.3) is 0 Å². The van der Waals surface area contributed by atoms with E-state index >= 15 is 0 Å². The summed E-state index contributed by atoms with van der Waals surface area (Å²) >= 11 is 0. The first-order valence-corrected chi connectivity index (χ1v) is 2.56. The monoisotopic (exact) mass is 147 g/mol. The fourth-order valence-corrected chi connectivity index (χ4v) is 0.288. The van der Waals surface area contributed by atoms with Gasteiger partial charge in [0.2, 0.25) is 0 Å². The molecule has 0 spiro atoms. The van der Waals surface area contributed by atoms with Crippen LogP contribution in [0.2, 0.25) is 0 Å². The van der Waals surface area contributed by atoms with Gasteiger partial charge < -0.3 is 15.9 Å². The molecular formula is C4H9N3O3. The highest BCUT2D eigenvalue weighted by atomic mass is 16.7. The number of nitrogens with one attached hydrogen (secondary N) is 2. The Morgan fingerprint density at radius 2 is 2.20 bits per heavy atom. The molecule has 0 fully saturated rings. The molecule has 0 aromatic carbocycles. The molecule has 0 bridgehead atoms. The second-order valence-electron chi connectivity index (χ2n) is 1.47. The van der Waals surface area contributed by atoms with Crippen LogP contribution in [0.3, 0.4) is 0 Å². The van der Waals surface area contributed by atoms with Crippen LogP contribution in [0.25, 0.3) is 0 Å². The van der Waals surface area contributed by atoms with Crippen molar-refractivity contribution >= 4 is 12.0 Å². The Labute approximate surface area is 57.7 Å². The van der Waals surface area contributed by atoms with Crippen molar-refractivity contribution in [2.75, 3.05) is 13.6 Å². The number of carbonyl (C=O) groups excluding carboxylic acids is 2. The van der Waals surface area contributed by atoms with Crippen LogP contribution in [0, 0.1) is 0 Å². The third-order valence-electron chi connectivity index (χ3n) is 0.587. The molecule has 0 heterocycles. The van der Waals surface area contributed by atoms with E-state index in [2.05, 4.69) is 15.9 Å². The highest BCUT2D eigenvalue weighted by molar-refractivity contribution is 5.76. The number of likely N-dealkylation sites (N-methyl/N-ethyl adjacent to an activating group) is 1. The molecule has 0 rings (SSSR count). The molecule has 0 unspecified atom stereocenters. The first-order valence-electron chi connectivity index (χ1n) is 2.56. The first-order chi connectivity index (χ1) is 4.66.